The second-order valence-corrected chi connectivity index (χ2v) is 3.83. The molecule has 0 aromatic carbocycles. The molecule has 0 radical (unpaired) electrons. The summed E-state index contributed by atoms with van der Waals surface area (Å²) in [6.45, 7) is 5.20. The Hall–Kier alpha value is -0.910. The molecule has 0 bridgehead atoms. The predicted molar refractivity (Wildman–Crippen MR) is 67.0 cm³/mol. The molecule has 0 amide bonds. The second-order valence-electron chi connectivity index (χ2n) is 3.83. The molecule has 0 aliphatic carbocycles. The minimum absolute atomic E-state index is 0.769. The molecule has 17 heavy (non-hydrogen) atoms. The van der Waals surface area contributed by atoms with Crippen LogP contribution >= 0.6 is 0 Å². The van der Waals surface area contributed by atoms with Gasteiger partial charge < -0.3 is 14.8 Å². The maximum Gasteiger partial charge on any atom is 0.0590 e. The monoisotopic (exact) mass is 241 g/mol. The third-order valence-electron chi connectivity index (χ3n) is 2.36. The average molecular weight is 241 g/mol. The van der Waals surface area contributed by atoms with Gasteiger partial charge >= 0.3 is 0 Å². The summed E-state index contributed by atoms with van der Waals surface area (Å²) in [5.74, 6) is 0. The van der Waals surface area contributed by atoms with Gasteiger partial charge in [-0.25, -0.2) is 0 Å². The molecule has 0 saturated carbocycles. The first-order valence-corrected chi connectivity index (χ1v) is 6.18. The van der Waals surface area contributed by atoms with Crippen LogP contribution in [0, 0.1) is 0 Å². The summed E-state index contributed by atoms with van der Waals surface area (Å²) in [5.41, 5.74) is 0. The van der Waals surface area contributed by atoms with E-state index in [0.717, 1.165) is 52.3 Å². The number of methoxy groups -OCH3 is 1. The minimum Gasteiger partial charge on any atom is -0.385 e. The molecular formula is C12H23N3O2. The number of nitrogens with one attached hydrogen (secondary N) is 1. The van der Waals surface area contributed by atoms with Gasteiger partial charge in [0.2, 0.25) is 0 Å². The molecule has 0 spiro atoms. The highest BCUT2D eigenvalue weighted by Gasteiger charge is 1.92. The van der Waals surface area contributed by atoms with E-state index in [2.05, 4.69) is 10.4 Å². The van der Waals surface area contributed by atoms with Gasteiger partial charge in [0.1, 0.15) is 0 Å². The van der Waals surface area contributed by atoms with E-state index >= 15 is 0 Å². The third-order valence-corrected chi connectivity index (χ3v) is 2.36. The summed E-state index contributed by atoms with van der Waals surface area (Å²) in [5, 5.41) is 7.49. The molecule has 0 unspecified atom stereocenters. The second kappa shape index (κ2) is 10.3. The smallest absolute Gasteiger partial charge is 0.0590 e. The topological polar surface area (TPSA) is 48.3 Å². The molecule has 98 valence electrons. The van der Waals surface area contributed by atoms with E-state index in [1.165, 1.54) is 0 Å². The molecular weight excluding hydrogens is 218 g/mol. The van der Waals surface area contributed by atoms with Crippen molar-refractivity contribution in [3.8, 4) is 0 Å². The SMILES string of the molecule is COCCCOCCNCCCn1cccn1. The van der Waals surface area contributed by atoms with Crippen molar-refractivity contribution in [1.82, 2.24) is 15.1 Å². The number of nitrogens with zero attached hydrogens (tertiary/aromatic N) is 2. The lowest BCUT2D eigenvalue weighted by atomic mass is 10.4. The lowest BCUT2D eigenvalue weighted by Crippen LogP contribution is -2.22. The van der Waals surface area contributed by atoms with E-state index < -0.39 is 0 Å². The quantitative estimate of drug-likeness (QED) is 0.585. The van der Waals surface area contributed by atoms with Gasteiger partial charge in [0.25, 0.3) is 0 Å². The molecule has 0 aliphatic heterocycles. The van der Waals surface area contributed by atoms with Crippen molar-refractivity contribution in [1.29, 1.82) is 0 Å². The Labute approximate surface area is 103 Å². The van der Waals surface area contributed by atoms with Gasteiger partial charge in [-0.05, 0) is 25.5 Å². The first kappa shape index (κ1) is 14.2. The van der Waals surface area contributed by atoms with Crippen molar-refractivity contribution in [2.75, 3.05) is 40.0 Å². The van der Waals surface area contributed by atoms with Crippen molar-refractivity contribution in [3.05, 3.63) is 18.5 Å². The van der Waals surface area contributed by atoms with Gasteiger partial charge in [0.15, 0.2) is 0 Å². The van der Waals surface area contributed by atoms with Crippen LogP contribution in [-0.4, -0.2) is 49.8 Å². The van der Waals surface area contributed by atoms with Crippen LogP contribution in [0.1, 0.15) is 12.8 Å². The van der Waals surface area contributed by atoms with E-state index in [-0.39, 0.29) is 0 Å². The van der Waals surface area contributed by atoms with Crippen molar-refractivity contribution >= 4 is 0 Å². The van der Waals surface area contributed by atoms with Crippen LogP contribution in [0.15, 0.2) is 18.5 Å². The Kier molecular flexibility index (Phi) is 8.54. The molecule has 1 N–H and O–H groups in total. The van der Waals surface area contributed by atoms with Crippen LogP contribution in [0.5, 0.6) is 0 Å². The van der Waals surface area contributed by atoms with E-state index in [4.69, 9.17) is 9.47 Å². The summed E-state index contributed by atoms with van der Waals surface area (Å²) < 4.78 is 12.3. The summed E-state index contributed by atoms with van der Waals surface area (Å²) in [4.78, 5) is 0. The Bertz CT molecular complexity index is 252. The molecule has 0 aliphatic rings. The largest absolute Gasteiger partial charge is 0.385 e. The van der Waals surface area contributed by atoms with E-state index in [0.29, 0.717) is 0 Å². The lowest BCUT2D eigenvalue weighted by Gasteiger charge is -2.06. The van der Waals surface area contributed by atoms with Crippen molar-refractivity contribution in [2.45, 2.75) is 19.4 Å². The normalized spacial score (nSPS) is 10.9. The molecule has 0 fully saturated rings. The first-order chi connectivity index (χ1) is 8.43. The molecule has 1 heterocycles. The molecule has 5 nitrogen and oxygen atoms in total. The Morgan fingerprint density at radius 2 is 2.12 bits per heavy atom. The van der Waals surface area contributed by atoms with Gasteiger partial charge in [-0.15, -0.1) is 0 Å². The van der Waals surface area contributed by atoms with Crippen molar-refractivity contribution in [2.24, 2.45) is 0 Å². The van der Waals surface area contributed by atoms with Gasteiger partial charge in [0.05, 0.1) is 6.61 Å². The zero-order chi connectivity index (χ0) is 12.2. The average Bonchev–Trinajstić information content (AvgIpc) is 2.85. The predicted octanol–water partition coefficient (Wildman–Crippen LogP) is 0.916. The number of rotatable bonds is 11. The fourth-order valence-corrected chi connectivity index (χ4v) is 1.48. The molecule has 1 rings (SSSR count). The van der Waals surface area contributed by atoms with Crippen LogP contribution in [-0.2, 0) is 16.0 Å². The fraction of sp³-hybridized carbons (Fsp3) is 0.750. The Balaban J connectivity index is 1.76. The number of hydrogen-bond donors (Lipinski definition) is 1. The standard InChI is InChI=1S/C12H23N3O2/c1-16-10-4-11-17-12-7-13-5-2-8-15-9-3-6-14-15/h3,6,9,13H,2,4-5,7-8,10-12H2,1H3. The highest BCUT2D eigenvalue weighted by Crippen LogP contribution is 1.88. The Morgan fingerprint density at radius 1 is 1.18 bits per heavy atom. The highest BCUT2D eigenvalue weighted by molar-refractivity contribution is 4.77. The zero-order valence-electron chi connectivity index (χ0n) is 10.6. The summed E-state index contributed by atoms with van der Waals surface area (Å²) in [6, 6.07) is 1.95. The summed E-state index contributed by atoms with van der Waals surface area (Å²) >= 11 is 0. The van der Waals surface area contributed by atoms with Crippen LogP contribution in [0.2, 0.25) is 0 Å². The fourth-order valence-electron chi connectivity index (χ4n) is 1.48. The number of hydrogen-bond acceptors (Lipinski definition) is 4. The number of aromatic nitrogens is 2. The van der Waals surface area contributed by atoms with Crippen molar-refractivity contribution < 1.29 is 9.47 Å². The first-order valence-electron chi connectivity index (χ1n) is 6.18. The minimum atomic E-state index is 0.769. The Morgan fingerprint density at radius 3 is 2.88 bits per heavy atom. The van der Waals surface area contributed by atoms with Gasteiger partial charge in [-0.2, -0.15) is 5.10 Å². The molecule has 5 heteroatoms. The molecule has 1 aromatic rings. The maximum absolute atomic E-state index is 5.43. The number of ether oxygens (including phenoxy) is 2. The van der Waals surface area contributed by atoms with Gasteiger partial charge in [-0.1, -0.05) is 0 Å². The zero-order valence-corrected chi connectivity index (χ0v) is 10.6. The summed E-state index contributed by atoms with van der Waals surface area (Å²) in [7, 11) is 1.71. The molecule has 0 saturated heterocycles. The van der Waals surface area contributed by atoms with Gasteiger partial charge in [0, 0.05) is 45.8 Å². The third kappa shape index (κ3) is 7.90. The number of aryl methyl sites for hydroxylation is 1. The van der Waals surface area contributed by atoms with Crippen molar-refractivity contribution in [3.63, 3.8) is 0 Å². The summed E-state index contributed by atoms with van der Waals surface area (Å²) in [6.07, 6.45) is 5.85. The maximum atomic E-state index is 5.43. The van der Waals surface area contributed by atoms with Crippen LogP contribution in [0.4, 0.5) is 0 Å². The van der Waals surface area contributed by atoms with E-state index in [1.54, 1.807) is 13.3 Å². The van der Waals surface area contributed by atoms with Crippen LogP contribution in [0.3, 0.4) is 0 Å². The van der Waals surface area contributed by atoms with Crippen LogP contribution < -0.4 is 5.32 Å². The lowest BCUT2D eigenvalue weighted by molar-refractivity contribution is 0.104. The van der Waals surface area contributed by atoms with Crippen LogP contribution in [0.25, 0.3) is 0 Å². The van der Waals surface area contributed by atoms with E-state index in [9.17, 15) is 0 Å². The highest BCUT2D eigenvalue weighted by atomic mass is 16.5. The molecule has 0 atom stereocenters. The van der Waals surface area contributed by atoms with Gasteiger partial charge in [-0.3, -0.25) is 4.68 Å². The van der Waals surface area contributed by atoms with E-state index in [1.807, 2.05) is 16.9 Å². The molecule has 1 aromatic heterocycles.